The van der Waals surface area contributed by atoms with E-state index < -0.39 is 38.9 Å². The van der Waals surface area contributed by atoms with Gasteiger partial charge in [0.05, 0.1) is 11.3 Å². The van der Waals surface area contributed by atoms with E-state index in [0.717, 1.165) is 25.7 Å². The highest BCUT2D eigenvalue weighted by Gasteiger charge is 2.63. The van der Waals surface area contributed by atoms with Crippen LogP contribution in [-0.4, -0.2) is 30.7 Å². The summed E-state index contributed by atoms with van der Waals surface area (Å²) in [6, 6.07) is 11.8. The summed E-state index contributed by atoms with van der Waals surface area (Å²) in [7, 11) is -3.98. The van der Waals surface area contributed by atoms with Crippen molar-refractivity contribution in [3.05, 3.63) is 47.5 Å². The summed E-state index contributed by atoms with van der Waals surface area (Å²) in [6.07, 6.45) is -1.55. The molecule has 0 radical (unpaired) electrons. The molecule has 32 heavy (non-hydrogen) atoms. The molecule has 2 aliphatic rings. The molecule has 1 spiro atoms. The van der Waals surface area contributed by atoms with Gasteiger partial charge < -0.3 is 5.32 Å². The number of sulfone groups is 1. The Hall–Kier alpha value is -2.50. The molecule has 3 aromatic rings. The fourth-order valence-corrected chi connectivity index (χ4v) is 8.60. The SMILES string of the molecule is CC#Cc1ccc2sc3ccc([C@]4(C)CS(=O)(=O)[C@@]5(CCC(F)(F)C5)C(=N)N4)cc3c2c1. The number of thiophene rings is 1. The first-order valence-corrected chi connectivity index (χ1v) is 12.8. The van der Waals surface area contributed by atoms with E-state index in [9.17, 15) is 17.2 Å². The number of hydrogen-bond donors (Lipinski definition) is 2. The fourth-order valence-electron chi connectivity index (χ4n) is 5.06. The van der Waals surface area contributed by atoms with E-state index in [1.807, 2.05) is 36.4 Å². The fraction of sp³-hybridized carbons (Fsp3) is 0.375. The summed E-state index contributed by atoms with van der Waals surface area (Å²) in [5, 5.41) is 13.5. The number of amidine groups is 1. The van der Waals surface area contributed by atoms with E-state index in [-0.39, 0.29) is 18.0 Å². The Balaban J connectivity index is 1.60. The van der Waals surface area contributed by atoms with Crippen LogP contribution in [0, 0.1) is 17.3 Å². The molecule has 166 valence electrons. The van der Waals surface area contributed by atoms with Crippen molar-refractivity contribution in [2.24, 2.45) is 0 Å². The van der Waals surface area contributed by atoms with Crippen molar-refractivity contribution in [3.8, 4) is 11.8 Å². The number of hydrogen-bond acceptors (Lipinski definition) is 4. The van der Waals surface area contributed by atoms with Crippen molar-refractivity contribution in [1.82, 2.24) is 5.32 Å². The largest absolute Gasteiger partial charge is 0.362 e. The lowest BCUT2D eigenvalue weighted by atomic mass is 9.90. The zero-order valence-corrected chi connectivity index (χ0v) is 19.3. The quantitative estimate of drug-likeness (QED) is 0.479. The predicted octanol–water partition coefficient (Wildman–Crippen LogP) is 5.19. The smallest absolute Gasteiger partial charge is 0.250 e. The zero-order valence-electron chi connectivity index (χ0n) is 17.7. The van der Waals surface area contributed by atoms with E-state index in [1.165, 1.54) is 0 Å². The van der Waals surface area contributed by atoms with Gasteiger partial charge in [-0.2, -0.15) is 0 Å². The highest BCUT2D eigenvalue weighted by Crippen LogP contribution is 2.50. The van der Waals surface area contributed by atoms with Gasteiger partial charge in [-0.25, -0.2) is 17.2 Å². The monoisotopic (exact) mass is 472 g/mol. The molecule has 1 saturated heterocycles. The van der Waals surface area contributed by atoms with Crippen LogP contribution in [0.5, 0.6) is 0 Å². The number of benzene rings is 2. The van der Waals surface area contributed by atoms with Crippen LogP contribution in [0.2, 0.25) is 0 Å². The van der Waals surface area contributed by atoms with Crippen LogP contribution in [-0.2, 0) is 15.4 Å². The normalized spacial score (nSPS) is 28.6. The van der Waals surface area contributed by atoms with Crippen LogP contribution >= 0.6 is 11.3 Å². The third kappa shape index (κ3) is 3.06. The van der Waals surface area contributed by atoms with Crippen molar-refractivity contribution in [2.45, 2.75) is 49.3 Å². The zero-order chi connectivity index (χ0) is 22.9. The van der Waals surface area contributed by atoms with Gasteiger partial charge in [0.15, 0.2) is 9.84 Å². The highest BCUT2D eigenvalue weighted by molar-refractivity contribution is 7.93. The van der Waals surface area contributed by atoms with Gasteiger partial charge >= 0.3 is 0 Å². The molecule has 1 aromatic heterocycles. The molecular formula is C24H22F2N2O2S2. The molecule has 5 rings (SSSR count). The van der Waals surface area contributed by atoms with Gasteiger partial charge in [0.2, 0.25) is 5.92 Å². The van der Waals surface area contributed by atoms with E-state index in [4.69, 9.17) is 5.41 Å². The molecule has 1 saturated carbocycles. The molecule has 0 bridgehead atoms. The second-order valence-corrected chi connectivity index (χ2v) is 12.4. The van der Waals surface area contributed by atoms with Crippen LogP contribution in [0.25, 0.3) is 20.2 Å². The third-order valence-electron chi connectivity index (χ3n) is 6.75. The lowest BCUT2D eigenvalue weighted by Crippen LogP contribution is -2.65. The van der Waals surface area contributed by atoms with Crippen LogP contribution in [0.15, 0.2) is 36.4 Å². The Morgan fingerprint density at radius 1 is 1.09 bits per heavy atom. The number of rotatable bonds is 1. The van der Waals surface area contributed by atoms with Crippen LogP contribution < -0.4 is 5.32 Å². The van der Waals surface area contributed by atoms with Crippen LogP contribution in [0.1, 0.15) is 44.2 Å². The Morgan fingerprint density at radius 3 is 2.41 bits per heavy atom. The minimum atomic E-state index is -3.98. The molecule has 0 amide bonds. The molecule has 2 aromatic carbocycles. The lowest BCUT2D eigenvalue weighted by molar-refractivity contribution is 0.00794. The van der Waals surface area contributed by atoms with Crippen molar-refractivity contribution in [2.75, 3.05) is 5.75 Å². The average molecular weight is 473 g/mol. The Morgan fingerprint density at radius 2 is 1.78 bits per heavy atom. The highest BCUT2D eigenvalue weighted by atomic mass is 32.2. The summed E-state index contributed by atoms with van der Waals surface area (Å²) in [5.41, 5.74) is 0.535. The predicted molar refractivity (Wildman–Crippen MR) is 125 cm³/mol. The molecule has 2 atom stereocenters. The van der Waals surface area contributed by atoms with Crippen LogP contribution in [0.3, 0.4) is 0 Å². The number of halogens is 2. The molecule has 1 aliphatic carbocycles. The lowest BCUT2D eigenvalue weighted by Gasteiger charge is -2.44. The van der Waals surface area contributed by atoms with Crippen molar-refractivity contribution in [3.63, 3.8) is 0 Å². The first kappa shape index (κ1) is 21.4. The topological polar surface area (TPSA) is 70.0 Å². The van der Waals surface area contributed by atoms with Crippen molar-refractivity contribution in [1.29, 1.82) is 5.41 Å². The summed E-state index contributed by atoms with van der Waals surface area (Å²) >= 11 is 1.65. The summed E-state index contributed by atoms with van der Waals surface area (Å²) in [4.78, 5) is 0. The molecule has 2 fully saturated rings. The number of nitrogens with one attached hydrogen (secondary N) is 2. The maximum atomic E-state index is 14.0. The third-order valence-corrected chi connectivity index (χ3v) is 10.6. The van der Waals surface area contributed by atoms with Crippen LogP contribution in [0.4, 0.5) is 8.78 Å². The molecule has 4 nitrogen and oxygen atoms in total. The summed E-state index contributed by atoms with van der Waals surface area (Å²) < 4.78 is 54.9. The Bertz CT molecular complexity index is 1470. The molecule has 2 N–H and O–H groups in total. The van der Waals surface area contributed by atoms with Gasteiger partial charge in [-0.1, -0.05) is 12.0 Å². The minimum absolute atomic E-state index is 0.223. The second-order valence-electron chi connectivity index (χ2n) is 9.02. The molecule has 2 heterocycles. The maximum Gasteiger partial charge on any atom is 0.250 e. The average Bonchev–Trinajstić information content (AvgIpc) is 3.24. The molecule has 0 unspecified atom stereocenters. The Kier molecular flexibility index (Phi) is 4.50. The molecule has 1 aliphatic heterocycles. The second kappa shape index (κ2) is 6.75. The van der Waals surface area contributed by atoms with E-state index in [0.29, 0.717) is 5.56 Å². The van der Waals surface area contributed by atoms with E-state index in [2.05, 4.69) is 17.2 Å². The first-order chi connectivity index (χ1) is 15.0. The number of fused-ring (bicyclic) bond motifs is 3. The molecular weight excluding hydrogens is 450 g/mol. The van der Waals surface area contributed by atoms with Gasteiger partial charge in [0.25, 0.3) is 0 Å². The van der Waals surface area contributed by atoms with E-state index in [1.54, 1.807) is 25.2 Å². The first-order valence-electron chi connectivity index (χ1n) is 10.4. The molecule has 8 heteroatoms. The Labute approximate surface area is 189 Å². The summed E-state index contributed by atoms with van der Waals surface area (Å²) in [5.74, 6) is 2.24. The van der Waals surface area contributed by atoms with Gasteiger partial charge in [-0.15, -0.1) is 17.3 Å². The van der Waals surface area contributed by atoms with Gasteiger partial charge in [0, 0.05) is 38.6 Å². The number of alkyl halides is 2. The van der Waals surface area contributed by atoms with Crippen molar-refractivity contribution < 1.29 is 17.2 Å². The van der Waals surface area contributed by atoms with Gasteiger partial charge in [0.1, 0.15) is 10.6 Å². The van der Waals surface area contributed by atoms with Gasteiger partial charge in [-0.3, -0.25) is 5.41 Å². The minimum Gasteiger partial charge on any atom is -0.362 e. The van der Waals surface area contributed by atoms with Gasteiger partial charge in [-0.05, 0) is 56.2 Å². The standard InChI is InChI=1S/C24H22F2N2O2S2/c1-3-4-15-5-7-19-17(11-15)18-12-16(6-8-20(18)31-19)22(2)14-32(29,30)23(21(27)28-22)9-10-24(25,26)13-23/h5-8,11-12H,9-10,13-14H2,1-2H3,(H2,27,28)/t22-,23+/m0/s1. The maximum absolute atomic E-state index is 14.0. The van der Waals surface area contributed by atoms with Crippen molar-refractivity contribution >= 4 is 47.2 Å². The summed E-state index contributed by atoms with van der Waals surface area (Å²) in [6.45, 7) is 3.51. The van der Waals surface area contributed by atoms with E-state index >= 15 is 0 Å².